The number of ether oxygens (including phenoxy) is 1. The van der Waals surface area contributed by atoms with Crippen LogP contribution in [0, 0.1) is 5.82 Å². The van der Waals surface area contributed by atoms with Gasteiger partial charge < -0.3 is 9.84 Å². The van der Waals surface area contributed by atoms with Gasteiger partial charge >= 0.3 is 0 Å². The van der Waals surface area contributed by atoms with Gasteiger partial charge in [-0.1, -0.05) is 18.2 Å². The van der Waals surface area contributed by atoms with Gasteiger partial charge in [-0.05, 0) is 18.2 Å². The molecule has 1 aliphatic heterocycles. The Labute approximate surface area is 121 Å². The van der Waals surface area contributed by atoms with Gasteiger partial charge in [-0.15, -0.1) is 0 Å². The van der Waals surface area contributed by atoms with Crippen LogP contribution in [0.3, 0.4) is 0 Å². The first-order valence-corrected chi connectivity index (χ1v) is 7.68. The number of aromatic hydroxyl groups is 1. The van der Waals surface area contributed by atoms with Gasteiger partial charge in [0.25, 0.3) is 0 Å². The SMILES string of the molecule is O=S1(=O)C=C(COc2cccc(F)c2)c2cccc(O)c21. The summed E-state index contributed by atoms with van der Waals surface area (Å²) in [5.74, 6) is -0.412. The lowest BCUT2D eigenvalue weighted by atomic mass is 10.1. The number of fused-ring (bicyclic) bond motifs is 1. The topological polar surface area (TPSA) is 63.6 Å². The Morgan fingerprint density at radius 2 is 1.90 bits per heavy atom. The second-order valence-corrected chi connectivity index (χ2v) is 6.32. The maximum atomic E-state index is 13.1. The van der Waals surface area contributed by atoms with Gasteiger partial charge in [0, 0.05) is 22.6 Å². The molecule has 0 bridgehead atoms. The third-order valence-corrected chi connectivity index (χ3v) is 4.71. The highest BCUT2D eigenvalue weighted by Gasteiger charge is 2.30. The number of sulfone groups is 1. The van der Waals surface area contributed by atoms with Crippen LogP contribution in [0.4, 0.5) is 4.39 Å². The van der Waals surface area contributed by atoms with E-state index in [-0.39, 0.29) is 17.3 Å². The molecule has 1 N–H and O–H groups in total. The highest BCUT2D eigenvalue weighted by Crippen LogP contribution is 2.38. The summed E-state index contributed by atoms with van der Waals surface area (Å²) in [4.78, 5) is -0.108. The number of benzene rings is 2. The highest BCUT2D eigenvalue weighted by molar-refractivity contribution is 7.95. The van der Waals surface area contributed by atoms with Gasteiger partial charge in [0.2, 0.25) is 9.84 Å². The summed E-state index contributed by atoms with van der Waals surface area (Å²) in [5.41, 5.74) is 0.830. The second-order valence-electron chi connectivity index (χ2n) is 4.59. The van der Waals surface area contributed by atoms with Crippen molar-refractivity contribution in [1.82, 2.24) is 0 Å². The minimum atomic E-state index is -3.66. The van der Waals surface area contributed by atoms with Crippen molar-refractivity contribution in [2.24, 2.45) is 0 Å². The molecular formula is C15H11FO4S. The van der Waals surface area contributed by atoms with E-state index in [2.05, 4.69) is 0 Å². The smallest absolute Gasteiger partial charge is 0.204 e. The van der Waals surface area contributed by atoms with Crippen LogP contribution < -0.4 is 4.74 Å². The fraction of sp³-hybridized carbons (Fsp3) is 0.0667. The Morgan fingerprint density at radius 1 is 1.14 bits per heavy atom. The van der Waals surface area contributed by atoms with Crippen LogP contribution in [0.15, 0.2) is 52.8 Å². The number of halogens is 1. The maximum absolute atomic E-state index is 13.1. The third kappa shape index (κ3) is 2.50. The van der Waals surface area contributed by atoms with Crippen molar-refractivity contribution in [1.29, 1.82) is 0 Å². The molecule has 108 valence electrons. The molecule has 0 amide bonds. The van der Waals surface area contributed by atoms with E-state index in [4.69, 9.17) is 4.74 Å². The Balaban J connectivity index is 1.90. The quantitative estimate of drug-likeness (QED) is 0.947. The average Bonchev–Trinajstić information content (AvgIpc) is 2.69. The highest BCUT2D eigenvalue weighted by atomic mass is 32.2. The number of phenols is 1. The van der Waals surface area contributed by atoms with Crippen LogP contribution in [-0.2, 0) is 9.84 Å². The van der Waals surface area contributed by atoms with Gasteiger partial charge in [-0.25, -0.2) is 12.8 Å². The minimum absolute atomic E-state index is 0.0286. The van der Waals surface area contributed by atoms with E-state index in [0.717, 1.165) is 5.41 Å². The van der Waals surface area contributed by atoms with Crippen LogP contribution in [0.5, 0.6) is 11.5 Å². The minimum Gasteiger partial charge on any atom is -0.507 e. The monoisotopic (exact) mass is 306 g/mol. The summed E-state index contributed by atoms with van der Waals surface area (Å²) in [6.45, 7) is -0.0286. The molecule has 0 radical (unpaired) electrons. The molecule has 0 atom stereocenters. The zero-order valence-electron chi connectivity index (χ0n) is 10.8. The van der Waals surface area contributed by atoms with E-state index < -0.39 is 15.7 Å². The molecule has 0 unspecified atom stereocenters. The normalized spacial score (nSPS) is 15.4. The van der Waals surface area contributed by atoms with Gasteiger partial charge in [-0.2, -0.15) is 0 Å². The first-order valence-electron chi connectivity index (χ1n) is 6.14. The lowest BCUT2D eigenvalue weighted by Crippen LogP contribution is -1.99. The summed E-state index contributed by atoms with van der Waals surface area (Å²) >= 11 is 0. The largest absolute Gasteiger partial charge is 0.507 e. The van der Waals surface area contributed by atoms with Crippen molar-refractivity contribution in [2.75, 3.05) is 6.61 Å². The summed E-state index contributed by atoms with van der Waals surface area (Å²) in [6, 6.07) is 10.1. The first kappa shape index (κ1) is 13.6. The van der Waals surface area contributed by atoms with E-state index in [1.165, 1.54) is 24.3 Å². The van der Waals surface area contributed by atoms with E-state index in [1.54, 1.807) is 18.2 Å². The van der Waals surface area contributed by atoms with Gasteiger partial charge in [0.05, 0.1) is 0 Å². The van der Waals surface area contributed by atoms with Crippen LogP contribution in [-0.4, -0.2) is 20.1 Å². The molecular weight excluding hydrogens is 295 g/mol. The van der Waals surface area contributed by atoms with Crippen LogP contribution in [0.25, 0.3) is 5.57 Å². The molecule has 4 nitrogen and oxygen atoms in total. The summed E-state index contributed by atoms with van der Waals surface area (Å²) in [6.07, 6.45) is 0. The van der Waals surface area contributed by atoms with Crippen LogP contribution >= 0.6 is 0 Å². The molecule has 0 aliphatic carbocycles. The van der Waals surface area contributed by atoms with E-state index >= 15 is 0 Å². The molecule has 6 heteroatoms. The maximum Gasteiger partial charge on any atom is 0.204 e. The molecule has 0 saturated carbocycles. The van der Waals surface area contributed by atoms with Gasteiger partial charge in [0.1, 0.15) is 28.8 Å². The fourth-order valence-electron chi connectivity index (χ4n) is 2.22. The van der Waals surface area contributed by atoms with Crippen molar-refractivity contribution < 1.29 is 22.7 Å². The summed E-state index contributed by atoms with van der Waals surface area (Å²) in [5, 5.41) is 10.8. The van der Waals surface area contributed by atoms with Crippen molar-refractivity contribution in [2.45, 2.75) is 4.90 Å². The van der Waals surface area contributed by atoms with Gasteiger partial charge in [0.15, 0.2) is 0 Å². The van der Waals surface area contributed by atoms with Crippen LogP contribution in [0.2, 0.25) is 0 Å². The van der Waals surface area contributed by atoms with E-state index in [0.29, 0.717) is 16.9 Å². The zero-order valence-corrected chi connectivity index (χ0v) is 11.6. The van der Waals surface area contributed by atoms with Crippen molar-refractivity contribution in [3.05, 3.63) is 59.3 Å². The molecule has 1 aliphatic rings. The van der Waals surface area contributed by atoms with Crippen molar-refractivity contribution in [3.8, 4) is 11.5 Å². The zero-order chi connectivity index (χ0) is 15.0. The van der Waals surface area contributed by atoms with E-state index in [9.17, 15) is 17.9 Å². The number of phenolic OH excluding ortho intramolecular Hbond substituents is 1. The van der Waals surface area contributed by atoms with Crippen molar-refractivity contribution >= 4 is 15.4 Å². The molecule has 0 fully saturated rings. The lowest BCUT2D eigenvalue weighted by molar-refractivity contribution is 0.367. The molecule has 2 aromatic carbocycles. The third-order valence-electron chi connectivity index (χ3n) is 3.11. The number of rotatable bonds is 3. The molecule has 0 saturated heterocycles. The molecule has 21 heavy (non-hydrogen) atoms. The van der Waals surface area contributed by atoms with Gasteiger partial charge in [-0.3, -0.25) is 0 Å². The second kappa shape index (κ2) is 4.89. The number of hydrogen-bond donors (Lipinski definition) is 1. The molecule has 3 rings (SSSR count). The fourth-order valence-corrected chi connectivity index (χ4v) is 3.77. The Kier molecular flexibility index (Phi) is 3.17. The predicted molar refractivity (Wildman–Crippen MR) is 75.2 cm³/mol. The molecule has 2 aromatic rings. The first-order chi connectivity index (χ1) is 9.97. The molecule has 0 aromatic heterocycles. The Morgan fingerprint density at radius 3 is 2.67 bits per heavy atom. The molecule has 1 heterocycles. The van der Waals surface area contributed by atoms with Crippen molar-refractivity contribution in [3.63, 3.8) is 0 Å². The average molecular weight is 306 g/mol. The van der Waals surface area contributed by atoms with Crippen LogP contribution in [0.1, 0.15) is 5.56 Å². The van der Waals surface area contributed by atoms with E-state index in [1.807, 2.05) is 0 Å². The lowest BCUT2D eigenvalue weighted by Gasteiger charge is -2.08. The summed E-state index contributed by atoms with van der Waals surface area (Å²) in [7, 11) is -3.66. The Hall–Kier alpha value is -2.34. The molecule has 0 spiro atoms. The Bertz CT molecular complexity index is 841. The predicted octanol–water partition coefficient (Wildman–Crippen LogP) is 2.74. The number of hydrogen-bond acceptors (Lipinski definition) is 4. The standard InChI is InChI=1S/C15H11FO4S/c16-11-3-1-4-12(7-11)20-8-10-9-21(18,19)15-13(10)5-2-6-14(15)17/h1-7,9,17H,8H2. The summed E-state index contributed by atoms with van der Waals surface area (Å²) < 4.78 is 42.5.